The summed E-state index contributed by atoms with van der Waals surface area (Å²) in [5.74, 6) is 0.544. The largest absolute Gasteiger partial charge is 0.385 e. The monoisotopic (exact) mass is 197 g/mol. The van der Waals surface area contributed by atoms with Crippen molar-refractivity contribution in [1.82, 2.24) is 15.2 Å². The molecule has 1 aromatic rings. The third-order valence-corrected chi connectivity index (χ3v) is 2.54. The maximum Gasteiger partial charge on any atom is 0.153 e. The van der Waals surface area contributed by atoms with Crippen LogP contribution in [0.3, 0.4) is 0 Å². The molecule has 1 aliphatic heterocycles. The molecular weight excluding hydrogens is 182 g/mol. The lowest BCUT2D eigenvalue weighted by molar-refractivity contribution is 0.0791. The fourth-order valence-electron chi connectivity index (χ4n) is 1.73. The number of nitrogens with zero attached hydrogens (tertiary/aromatic N) is 2. The molecule has 2 heterocycles. The van der Waals surface area contributed by atoms with Crippen LogP contribution in [0.15, 0.2) is 6.33 Å². The molecule has 0 aromatic carbocycles. The van der Waals surface area contributed by atoms with E-state index < -0.39 is 6.10 Å². The first-order valence-electron chi connectivity index (χ1n) is 5.01. The van der Waals surface area contributed by atoms with Crippen LogP contribution in [-0.2, 0) is 4.74 Å². The Labute approximate surface area is 82.5 Å². The number of H-pyrrole nitrogens is 1. The van der Waals surface area contributed by atoms with Crippen molar-refractivity contribution in [3.8, 4) is 0 Å². The van der Waals surface area contributed by atoms with E-state index >= 15 is 0 Å². The minimum absolute atomic E-state index is 0.326. The maximum absolute atomic E-state index is 9.68. The molecular formula is C9H15N3O2. The highest BCUT2D eigenvalue weighted by Crippen LogP contribution is 2.21. The Morgan fingerprint density at radius 3 is 3.29 bits per heavy atom. The van der Waals surface area contributed by atoms with Gasteiger partial charge in [0.1, 0.15) is 12.4 Å². The highest BCUT2D eigenvalue weighted by molar-refractivity contribution is 4.86. The Kier molecular flexibility index (Phi) is 3.10. The zero-order valence-electron chi connectivity index (χ0n) is 8.02. The van der Waals surface area contributed by atoms with Crippen LogP contribution in [0.25, 0.3) is 0 Å². The van der Waals surface area contributed by atoms with Gasteiger partial charge in [0.2, 0.25) is 0 Å². The Hall–Kier alpha value is -0.940. The van der Waals surface area contributed by atoms with Crippen LogP contribution < -0.4 is 0 Å². The van der Waals surface area contributed by atoms with Gasteiger partial charge in [-0.1, -0.05) is 0 Å². The van der Waals surface area contributed by atoms with Crippen LogP contribution in [0, 0.1) is 0 Å². The van der Waals surface area contributed by atoms with Crippen LogP contribution in [0.1, 0.15) is 37.6 Å². The molecule has 0 aliphatic carbocycles. The van der Waals surface area contributed by atoms with Gasteiger partial charge in [-0.25, -0.2) is 4.98 Å². The molecule has 5 nitrogen and oxygen atoms in total. The van der Waals surface area contributed by atoms with Gasteiger partial charge in [-0.2, -0.15) is 5.10 Å². The Morgan fingerprint density at radius 1 is 1.71 bits per heavy atom. The molecule has 1 saturated heterocycles. The summed E-state index contributed by atoms with van der Waals surface area (Å²) in [4.78, 5) is 3.90. The minimum Gasteiger partial charge on any atom is -0.385 e. The number of ether oxygens (including phenoxy) is 1. The summed E-state index contributed by atoms with van der Waals surface area (Å²) in [5, 5.41) is 16.0. The Morgan fingerprint density at radius 2 is 2.64 bits per heavy atom. The molecule has 1 fully saturated rings. The molecule has 2 atom stereocenters. The molecule has 2 rings (SSSR count). The average Bonchev–Trinajstić information content (AvgIpc) is 2.87. The maximum atomic E-state index is 9.68. The third-order valence-electron chi connectivity index (χ3n) is 2.54. The highest BCUT2D eigenvalue weighted by atomic mass is 16.5. The van der Waals surface area contributed by atoms with Gasteiger partial charge in [-0.05, 0) is 25.7 Å². The first kappa shape index (κ1) is 9.61. The Bertz CT molecular complexity index is 257. The van der Waals surface area contributed by atoms with Crippen LogP contribution in [-0.4, -0.2) is 33.0 Å². The lowest BCUT2D eigenvalue weighted by Gasteiger charge is -2.11. The van der Waals surface area contributed by atoms with Crippen molar-refractivity contribution in [2.45, 2.75) is 37.9 Å². The van der Waals surface area contributed by atoms with Crippen molar-refractivity contribution >= 4 is 0 Å². The van der Waals surface area contributed by atoms with E-state index in [0.29, 0.717) is 18.3 Å². The number of hydrogen-bond donors (Lipinski definition) is 2. The number of aliphatic hydroxyl groups is 1. The van der Waals surface area contributed by atoms with Gasteiger partial charge in [0.15, 0.2) is 5.82 Å². The van der Waals surface area contributed by atoms with E-state index in [-0.39, 0.29) is 0 Å². The van der Waals surface area contributed by atoms with Gasteiger partial charge in [-0.15, -0.1) is 0 Å². The lowest BCUT2D eigenvalue weighted by Crippen LogP contribution is -2.08. The van der Waals surface area contributed by atoms with Gasteiger partial charge in [0.05, 0.1) is 6.10 Å². The molecule has 2 unspecified atom stereocenters. The van der Waals surface area contributed by atoms with Crippen molar-refractivity contribution in [1.29, 1.82) is 0 Å². The molecule has 1 aromatic heterocycles. The summed E-state index contributed by atoms with van der Waals surface area (Å²) in [6.45, 7) is 0.864. The number of aliphatic hydroxyl groups excluding tert-OH is 1. The molecule has 0 spiro atoms. The van der Waals surface area contributed by atoms with E-state index in [1.165, 1.54) is 6.33 Å². The summed E-state index contributed by atoms with van der Waals surface area (Å²) in [6.07, 6.45) is 5.02. The first-order valence-corrected chi connectivity index (χ1v) is 5.01. The summed E-state index contributed by atoms with van der Waals surface area (Å²) < 4.78 is 5.46. The van der Waals surface area contributed by atoms with Crippen LogP contribution in [0.4, 0.5) is 0 Å². The second-order valence-electron chi connectivity index (χ2n) is 3.60. The highest BCUT2D eigenvalue weighted by Gasteiger charge is 2.18. The molecule has 78 valence electrons. The van der Waals surface area contributed by atoms with E-state index in [0.717, 1.165) is 25.9 Å². The van der Waals surface area contributed by atoms with Crippen molar-refractivity contribution in [3.05, 3.63) is 12.2 Å². The van der Waals surface area contributed by atoms with E-state index in [2.05, 4.69) is 15.2 Å². The van der Waals surface area contributed by atoms with Gasteiger partial charge in [0.25, 0.3) is 0 Å². The Balaban J connectivity index is 1.74. The normalized spacial score (nSPS) is 23.9. The summed E-state index contributed by atoms with van der Waals surface area (Å²) in [7, 11) is 0. The van der Waals surface area contributed by atoms with Crippen molar-refractivity contribution in [2.75, 3.05) is 6.61 Å². The third kappa shape index (κ3) is 2.30. The molecule has 1 aliphatic rings. The van der Waals surface area contributed by atoms with E-state index in [4.69, 9.17) is 4.74 Å². The van der Waals surface area contributed by atoms with Crippen molar-refractivity contribution in [3.63, 3.8) is 0 Å². The fraction of sp³-hybridized carbons (Fsp3) is 0.778. The molecule has 5 heteroatoms. The first-order chi connectivity index (χ1) is 6.86. The van der Waals surface area contributed by atoms with Gasteiger partial charge in [0, 0.05) is 6.61 Å². The molecule has 0 bridgehead atoms. The summed E-state index contributed by atoms with van der Waals surface area (Å²) in [5.41, 5.74) is 0. The van der Waals surface area contributed by atoms with E-state index in [1.807, 2.05) is 0 Å². The van der Waals surface area contributed by atoms with Gasteiger partial charge in [-0.3, -0.25) is 5.10 Å². The number of hydrogen-bond acceptors (Lipinski definition) is 4. The van der Waals surface area contributed by atoms with E-state index in [1.54, 1.807) is 0 Å². The number of rotatable bonds is 4. The topological polar surface area (TPSA) is 71.0 Å². The van der Waals surface area contributed by atoms with Crippen LogP contribution >= 0.6 is 0 Å². The molecule has 2 N–H and O–H groups in total. The minimum atomic E-state index is -0.540. The fourth-order valence-corrected chi connectivity index (χ4v) is 1.73. The molecule has 0 saturated carbocycles. The smallest absolute Gasteiger partial charge is 0.153 e. The second-order valence-corrected chi connectivity index (χ2v) is 3.60. The van der Waals surface area contributed by atoms with Gasteiger partial charge < -0.3 is 9.84 Å². The molecule has 0 radical (unpaired) electrons. The quantitative estimate of drug-likeness (QED) is 0.748. The molecule has 14 heavy (non-hydrogen) atoms. The molecule has 0 amide bonds. The summed E-state index contributed by atoms with van der Waals surface area (Å²) >= 11 is 0. The second kappa shape index (κ2) is 4.52. The number of aromatic amines is 1. The number of nitrogens with one attached hydrogen (secondary N) is 1. The zero-order chi connectivity index (χ0) is 9.80. The van der Waals surface area contributed by atoms with Crippen LogP contribution in [0.5, 0.6) is 0 Å². The van der Waals surface area contributed by atoms with Gasteiger partial charge >= 0.3 is 0 Å². The van der Waals surface area contributed by atoms with Crippen LogP contribution in [0.2, 0.25) is 0 Å². The average molecular weight is 197 g/mol. The lowest BCUT2D eigenvalue weighted by atomic mass is 10.1. The van der Waals surface area contributed by atoms with Crippen molar-refractivity contribution < 1.29 is 9.84 Å². The standard InChI is InChI=1S/C9H15N3O2/c13-8(9-10-6-11-12-9)4-3-7-2-1-5-14-7/h6-8,13H,1-5H2,(H,10,11,12). The van der Waals surface area contributed by atoms with Crippen molar-refractivity contribution in [2.24, 2.45) is 0 Å². The predicted octanol–water partition coefficient (Wildman–Crippen LogP) is 0.797. The van der Waals surface area contributed by atoms with E-state index in [9.17, 15) is 5.11 Å². The predicted molar refractivity (Wildman–Crippen MR) is 49.6 cm³/mol. The zero-order valence-corrected chi connectivity index (χ0v) is 8.02. The number of aromatic nitrogens is 3. The SMILES string of the molecule is OC(CCC1CCCO1)c1ncn[nH]1. The summed E-state index contributed by atoms with van der Waals surface area (Å²) in [6, 6.07) is 0.